The van der Waals surface area contributed by atoms with E-state index < -0.39 is 11.8 Å². The third-order valence-corrected chi connectivity index (χ3v) is 1.42. The third-order valence-electron chi connectivity index (χ3n) is 1.42. The molecule has 0 atom stereocenters. The van der Waals surface area contributed by atoms with Gasteiger partial charge in [0.25, 0.3) is 0 Å². The second kappa shape index (κ2) is 4.07. The second-order valence-electron chi connectivity index (χ2n) is 2.27. The number of rotatable bonds is 1. The second-order valence-corrected chi connectivity index (χ2v) is 2.27. The minimum absolute atomic E-state index is 0. The lowest BCUT2D eigenvalue weighted by Gasteiger charge is -1.96. The first-order valence-corrected chi connectivity index (χ1v) is 3.10. The van der Waals surface area contributed by atoms with Crippen molar-refractivity contribution in [1.29, 1.82) is 0 Å². The fourth-order valence-electron chi connectivity index (χ4n) is 0.726. The number of aryl methyl sites for hydroxylation is 1. The summed E-state index contributed by atoms with van der Waals surface area (Å²) < 4.78 is 12.7. The van der Waals surface area contributed by atoms with Crippen molar-refractivity contribution in [3.05, 3.63) is 35.1 Å². The molecule has 1 aromatic rings. The molecule has 0 spiro atoms. The molecule has 0 aliphatic carbocycles. The Morgan fingerprint density at radius 3 is 2.50 bits per heavy atom. The number of halogens is 2. The zero-order chi connectivity index (χ0) is 8.43. The van der Waals surface area contributed by atoms with Crippen LogP contribution in [0.25, 0.3) is 0 Å². The van der Waals surface area contributed by atoms with Crippen LogP contribution in [-0.4, -0.2) is 11.1 Å². The van der Waals surface area contributed by atoms with E-state index in [9.17, 15) is 9.18 Å². The van der Waals surface area contributed by atoms with E-state index in [1.807, 2.05) is 0 Å². The Kier molecular flexibility index (Phi) is 3.70. The van der Waals surface area contributed by atoms with Gasteiger partial charge in [-0.1, -0.05) is 6.07 Å². The minimum atomic E-state index is -1.11. The van der Waals surface area contributed by atoms with Crippen LogP contribution in [0, 0.1) is 12.7 Å². The van der Waals surface area contributed by atoms with Crippen LogP contribution in [0.15, 0.2) is 18.2 Å². The molecule has 66 valence electrons. The number of aromatic carboxylic acids is 1. The number of hydrogen-bond donors (Lipinski definition) is 1. The summed E-state index contributed by atoms with van der Waals surface area (Å²) in [6.07, 6.45) is 0. The molecule has 1 aromatic carbocycles. The highest BCUT2D eigenvalue weighted by atomic mass is 35.5. The predicted octanol–water partition coefficient (Wildman–Crippen LogP) is 2.25. The summed E-state index contributed by atoms with van der Waals surface area (Å²) >= 11 is 0. The van der Waals surface area contributed by atoms with Gasteiger partial charge in [-0.3, -0.25) is 0 Å². The van der Waals surface area contributed by atoms with Crippen molar-refractivity contribution in [2.75, 3.05) is 0 Å². The Labute approximate surface area is 75.4 Å². The van der Waals surface area contributed by atoms with E-state index in [1.165, 1.54) is 12.1 Å². The topological polar surface area (TPSA) is 37.3 Å². The van der Waals surface area contributed by atoms with Crippen LogP contribution in [0.2, 0.25) is 0 Å². The van der Waals surface area contributed by atoms with Gasteiger partial charge in [-0.2, -0.15) is 0 Å². The SMILES string of the molecule is Cc1ccc(C(=O)O)cc1F.Cl. The molecule has 4 heteroatoms. The number of carboxylic acid groups (broad SMARTS) is 1. The van der Waals surface area contributed by atoms with E-state index >= 15 is 0 Å². The van der Waals surface area contributed by atoms with Gasteiger partial charge in [-0.25, -0.2) is 9.18 Å². The Morgan fingerprint density at radius 2 is 2.08 bits per heavy atom. The molecular formula is C8H8ClFO2. The molecule has 12 heavy (non-hydrogen) atoms. The molecule has 0 bridgehead atoms. The normalized spacial score (nSPS) is 8.83. The molecule has 0 aliphatic heterocycles. The summed E-state index contributed by atoms with van der Waals surface area (Å²) in [5, 5.41) is 8.43. The van der Waals surface area contributed by atoms with Crippen LogP contribution in [0.3, 0.4) is 0 Å². The van der Waals surface area contributed by atoms with Crippen molar-refractivity contribution in [1.82, 2.24) is 0 Å². The summed E-state index contributed by atoms with van der Waals surface area (Å²) in [5.41, 5.74) is 0.433. The first kappa shape index (κ1) is 10.9. The highest BCUT2D eigenvalue weighted by Crippen LogP contribution is 2.08. The first-order valence-electron chi connectivity index (χ1n) is 3.10. The van der Waals surface area contributed by atoms with Crippen molar-refractivity contribution < 1.29 is 14.3 Å². The maximum atomic E-state index is 12.7. The quantitative estimate of drug-likeness (QED) is 0.738. The zero-order valence-electron chi connectivity index (χ0n) is 6.37. The first-order chi connectivity index (χ1) is 5.11. The summed E-state index contributed by atoms with van der Waals surface area (Å²) in [7, 11) is 0. The maximum Gasteiger partial charge on any atom is 0.335 e. The van der Waals surface area contributed by atoms with Gasteiger partial charge in [0.1, 0.15) is 5.82 Å². The maximum absolute atomic E-state index is 12.7. The monoisotopic (exact) mass is 190 g/mol. The van der Waals surface area contributed by atoms with E-state index in [-0.39, 0.29) is 18.0 Å². The van der Waals surface area contributed by atoms with Crippen LogP contribution >= 0.6 is 12.4 Å². The Morgan fingerprint density at radius 1 is 1.50 bits per heavy atom. The van der Waals surface area contributed by atoms with Gasteiger partial charge < -0.3 is 5.11 Å². The molecule has 0 amide bonds. The van der Waals surface area contributed by atoms with E-state index in [1.54, 1.807) is 6.92 Å². The standard InChI is InChI=1S/C8H7FO2.ClH/c1-5-2-3-6(8(10)11)4-7(5)9;/h2-4H,1H3,(H,10,11);1H. The Bertz CT molecular complexity index is 299. The van der Waals surface area contributed by atoms with Gasteiger partial charge in [-0.05, 0) is 24.6 Å². The van der Waals surface area contributed by atoms with Crippen molar-refractivity contribution >= 4 is 18.4 Å². The Balaban J connectivity index is 0.00000121. The van der Waals surface area contributed by atoms with Crippen molar-refractivity contribution in [3.63, 3.8) is 0 Å². The molecule has 1 rings (SSSR count). The van der Waals surface area contributed by atoms with Crippen molar-refractivity contribution in [2.24, 2.45) is 0 Å². The van der Waals surface area contributed by atoms with Crippen molar-refractivity contribution in [3.8, 4) is 0 Å². The molecule has 0 unspecified atom stereocenters. The smallest absolute Gasteiger partial charge is 0.335 e. The van der Waals surface area contributed by atoms with Crippen LogP contribution in [0.4, 0.5) is 4.39 Å². The van der Waals surface area contributed by atoms with E-state index in [0.717, 1.165) is 6.07 Å². The molecule has 0 fully saturated rings. The van der Waals surface area contributed by atoms with Gasteiger partial charge in [0.2, 0.25) is 0 Å². The van der Waals surface area contributed by atoms with E-state index in [2.05, 4.69) is 0 Å². The van der Waals surface area contributed by atoms with Crippen LogP contribution in [0.5, 0.6) is 0 Å². The highest BCUT2D eigenvalue weighted by molar-refractivity contribution is 5.87. The van der Waals surface area contributed by atoms with Crippen LogP contribution in [-0.2, 0) is 0 Å². The lowest BCUT2D eigenvalue weighted by molar-refractivity contribution is 0.0696. The summed E-state index contributed by atoms with van der Waals surface area (Å²) in [6.45, 7) is 1.58. The fourth-order valence-corrected chi connectivity index (χ4v) is 0.726. The van der Waals surface area contributed by atoms with E-state index in [0.29, 0.717) is 5.56 Å². The zero-order valence-corrected chi connectivity index (χ0v) is 7.19. The molecule has 0 saturated carbocycles. The predicted molar refractivity (Wildman–Crippen MR) is 45.3 cm³/mol. The lowest BCUT2D eigenvalue weighted by Crippen LogP contribution is -1.97. The molecule has 1 N–H and O–H groups in total. The summed E-state index contributed by atoms with van der Waals surface area (Å²) in [6, 6.07) is 3.83. The highest BCUT2D eigenvalue weighted by Gasteiger charge is 2.04. The van der Waals surface area contributed by atoms with Crippen LogP contribution in [0.1, 0.15) is 15.9 Å². The third kappa shape index (κ3) is 2.20. The van der Waals surface area contributed by atoms with Gasteiger partial charge in [0.05, 0.1) is 5.56 Å². The van der Waals surface area contributed by atoms with Gasteiger partial charge in [-0.15, -0.1) is 12.4 Å². The fraction of sp³-hybridized carbons (Fsp3) is 0.125. The lowest BCUT2D eigenvalue weighted by atomic mass is 10.1. The number of hydrogen-bond acceptors (Lipinski definition) is 1. The minimum Gasteiger partial charge on any atom is -0.478 e. The molecular weight excluding hydrogens is 183 g/mol. The summed E-state index contributed by atoms with van der Waals surface area (Å²) in [5.74, 6) is -1.59. The Hall–Kier alpha value is -1.09. The average molecular weight is 191 g/mol. The van der Waals surface area contributed by atoms with E-state index in [4.69, 9.17) is 5.11 Å². The van der Waals surface area contributed by atoms with Crippen LogP contribution < -0.4 is 0 Å². The van der Waals surface area contributed by atoms with Gasteiger partial charge in [0, 0.05) is 0 Å². The number of benzene rings is 1. The molecule has 0 aliphatic rings. The van der Waals surface area contributed by atoms with Gasteiger partial charge in [0.15, 0.2) is 0 Å². The molecule has 0 heterocycles. The largest absolute Gasteiger partial charge is 0.478 e. The summed E-state index contributed by atoms with van der Waals surface area (Å²) in [4.78, 5) is 10.3. The molecule has 0 saturated heterocycles. The molecule has 0 radical (unpaired) electrons. The average Bonchev–Trinajstić information content (AvgIpc) is 1.94. The van der Waals surface area contributed by atoms with Gasteiger partial charge >= 0.3 is 5.97 Å². The molecule has 0 aromatic heterocycles. The number of carboxylic acids is 1. The number of carbonyl (C=O) groups is 1. The molecule has 2 nitrogen and oxygen atoms in total. The van der Waals surface area contributed by atoms with Crippen molar-refractivity contribution in [2.45, 2.75) is 6.92 Å².